The third-order valence-corrected chi connectivity index (χ3v) is 3.33. The van der Waals surface area contributed by atoms with Gasteiger partial charge in [0.2, 0.25) is 0 Å². The van der Waals surface area contributed by atoms with Gasteiger partial charge in [-0.15, -0.1) is 0 Å². The lowest BCUT2D eigenvalue weighted by Crippen LogP contribution is -2.42. The second-order valence-electron chi connectivity index (χ2n) is 4.25. The summed E-state index contributed by atoms with van der Waals surface area (Å²) >= 11 is 5.86. The number of hydrogen-bond acceptors (Lipinski definition) is 2. The normalized spacial score (nSPS) is 23.1. The monoisotopic (exact) mass is 242 g/mol. The second-order valence-corrected chi connectivity index (χ2v) is 4.68. The van der Waals surface area contributed by atoms with Crippen molar-refractivity contribution in [1.82, 2.24) is 5.32 Å². The molecule has 0 bridgehead atoms. The summed E-state index contributed by atoms with van der Waals surface area (Å²) in [6, 6.07) is 4.38. The van der Waals surface area contributed by atoms with Gasteiger partial charge in [-0.3, -0.25) is 0 Å². The molecular formula is C12H16ClFN2. The number of rotatable bonds is 2. The molecule has 0 aromatic heterocycles. The Balaban J connectivity index is 2.18. The first-order valence-corrected chi connectivity index (χ1v) is 6.00. The minimum Gasteiger partial charge on any atom is -0.323 e. The molecule has 3 N–H and O–H groups in total. The van der Waals surface area contributed by atoms with Gasteiger partial charge < -0.3 is 11.1 Å². The van der Waals surface area contributed by atoms with Crippen molar-refractivity contribution in [2.75, 3.05) is 6.54 Å². The van der Waals surface area contributed by atoms with Crippen LogP contribution in [0.1, 0.15) is 30.9 Å². The first kappa shape index (κ1) is 11.8. The Morgan fingerprint density at radius 1 is 1.44 bits per heavy atom. The van der Waals surface area contributed by atoms with Crippen LogP contribution in [0.15, 0.2) is 18.2 Å². The van der Waals surface area contributed by atoms with Crippen molar-refractivity contribution in [3.05, 3.63) is 34.6 Å². The van der Waals surface area contributed by atoms with Gasteiger partial charge in [0, 0.05) is 22.7 Å². The van der Waals surface area contributed by atoms with Crippen LogP contribution < -0.4 is 11.1 Å². The van der Waals surface area contributed by atoms with Crippen LogP contribution in [0.2, 0.25) is 5.02 Å². The highest BCUT2D eigenvalue weighted by Gasteiger charge is 2.23. The molecule has 0 amide bonds. The van der Waals surface area contributed by atoms with E-state index in [1.807, 2.05) is 0 Å². The van der Waals surface area contributed by atoms with Gasteiger partial charge in [0.25, 0.3) is 0 Å². The molecule has 1 heterocycles. The van der Waals surface area contributed by atoms with Crippen LogP contribution in [-0.4, -0.2) is 12.6 Å². The van der Waals surface area contributed by atoms with E-state index in [1.54, 1.807) is 12.1 Å². The maximum absolute atomic E-state index is 13.6. The molecule has 1 fully saturated rings. The van der Waals surface area contributed by atoms with Gasteiger partial charge in [0.1, 0.15) is 5.82 Å². The van der Waals surface area contributed by atoms with Crippen LogP contribution in [0, 0.1) is 5.82 Å². The Morgan fingerprint density at radius 3 is 2.94 bits per heavy atom. The van der Waals surface area contributed by atoms with Crippen LogP contribution in [0.25, 0.3) is 0 Å². The average Bonchev–Trinajstić information content (AvgIpc) is 2.32. The summed E-state index contributed by atoms with van der Waals surface area (Å²) < 4.78 is 13.6. The largest absolute Gasteiger partial charge is 0.323 e. The summed E-state index contributed by atoms with van der Waals surface area (Å²) in [5.41, 5.74) is 6.58. The first-order valence-electron chi connectivity index (χ1n) is 5.62. The average molecular weight is 243 g/mol. The van der Waals surface area contributed by atoms with Gasteiger partial charge in [-0.1, -0.05) is 18.0 Å². The van der Waals surface area contributed by atoms with Gasteiger partial charge in [-0.2, -0.15) is 0 Å². The van der Waals surface area contributed by atoms with Gasteiger partial charge in [-0.25, -0.2) is 4.39 Å². The van der Waals surface area contributed by atoms with E-state index < -0.39 is 0 Å². The number of nitrogens with two attached hydrogens (primary N) is 1. The van der Waals surface area contributed by atoms with E-state index >= 15 is 0 Å². The quantitative estimate of drug-likeness (QED) is 0.837. The predicted molar refractivity (Wildman–Crippen MR) is 64.0 cm³/mol. The maximum Gasteiger partial charge on any atom is 0.128 e. The molecule has 88 valence electrons. The molecular weight excluding hydrogens is 227 g/mol. The van der Waals surface area contributed by atoms with E-state index in [2.05, 4.69) is 5.32 Å². The zero-order valence-corrected chi connectivity index (χ0v) is 9.80. The van der Waals surface area contributed by atoms with Crippen LogP contribution in [0.3, 0.4) is 0 Å². The fourth-order valence-electron chi connectivity index (χ4n) is 2.17. The number of hydrogen-bond donors (Lipinski definition) is 2. The summed E-state index contributed by atoms with van der Waals surface area (Å²) in [5.74, 6) is -0.274. The summed E-state index contributed by atoms with van der Waals surface area (Å²) in [7, 11) is 0. The fraction of sp³-hybridized carbons (Fsp3) is 0.500. The summed E-state index contributed by atoms with van der Waals surface area (Å²) in [6.07, 6.45) is 3.31. The Labute approximate surface area is 100.0 Å². The topological polar surface area (TPSA) is 38.0 Å². The number of nitrogens with one attached hydrogen (secondary N) is 1. The van der Waals surface area contributed by atoms with Crippen molar-refractivity contribution >= 4 is 11.6 Å². The molecule has 1 aliphatic rings. The van der Waals surface area contributed by atoms with E-state index in [4.69, 9.17) is 17.3 Å². The zero-order valence-electron chi connectivity index (χ0n) is 9.05. The number of benzene rings is 1. The highest BCUT2D eigenvalue weighted by Crippen LogP contribution is 2.25. The SMILES string of the molecule is NC(c1cc(Cl)ccc1F)C1CCCCN1. The van der Waals surface area contributed by atoms with Crippen LogP contribution in [0.5, 0.6) is 0 Å². The predicted octanol–water partition coefficient (Wildman–Crippen LogP) is 2.62. The minimum atomic E-state index is -0.320. The third kappa shape index (κ3) is 2.54. The Hall–Kier alpha value is -0.640. The van der Waals surface area contributed by atoms with Crippen molar-refractivity contribution in [3.8, 4) is 0 Å². The number of piperidine rings is 1. The molecule has 1 aromatic carbocycles. The molecule has 2 nitrogen and oxygen atoms in total. The van der Waals surface area contributed by atoms with Crippen LogP contribution in [-0.2, 0) is 0 Å². The second kappa shape index (κ2) is 5.13. The lowest BCUT2D eigenvalue weighted by molar-refractivity contribution is 0.348. The smallest absolute Gasteiger partial charge is 0.128 e. The Bertz CT molecular complexity index is 364. The van der Waals surface area contributed by atoms with E-state index in [9.17, 15) is 4.39 Å². The van der Waals surface area contributed by atoms with E-state index in [1.165, 1.54) is 12.5 Å². The molecule has 0 aliphatic carbocycles. The van der Waals surface area contributed by atoms with E-state index in [0.717, 1.165) is 19.4 Å². The highest BCUT2D eigenvalue weighted by atomic mass is 35.5. The molecule has 2 atom stereocenters. The Kier molecular flexibility index (Phi) is 3.79. The molecule has 2 rings (SSSR count). The Morgan fingerprint density at radius 2 is 2.25 bits per heavy atom. The molecule has 0 saturated carbocycles. The lowest BCUT2D eigenvalue weighted by Gasteiger charge is -2.29. The molecule has 0 radical (unpaired) electrons. The fourth-order valence-corrected chi connectivity index (χ4v) is 2.35. The first-order chi connectivity index (χ1) is 7.68. The summed E-state index contributed by atoms with van der Waals surface area (Å²) in [6.45, 7) is 0.959. The summed E-state index contributed by atoms with van der Waals surface area (Å²) in [4.78, 5) is 0. The minimum absolute atomic E-state index is 0.154. The molecule has 1 aliphatic heterocycles. The zero-order chi connectivity index (χ0) is 11.5. The van der Waals surface area contributed by atoms with Crippen molar-refractivity contribution in [1.29, 1.82) is 0 Å². The third-order valence-electron chi connectivity index (χ3n) is 3.10. The molecule has 2 unspecified atom stereocenters. The van der Waals surface area contributed by atoms with Crippen LogP contribution >= 0.6 is 11.6 Å². The van der Waals surface area contributed by atoms with Crippen molar-refractivity contribution < 1.29 is 4.39 Å². The molecule has 1 aromatic rings. The highest BCUT2D eigenvalue weighted by molar-refractivity contribution is 6.30. The van der Waals surface area contributed by atoms with Gasteiger partial charge in [-0.05, 0) is 37.6 Å². The van der Waals surface area contributed by atoms with Gasteiger partial charge >= 0.3 is 0 Å². The van der Waals surface area contributed by atoms with Gasteiger partial charge in [0.15, 0.2) is 0 Å². The van der Waals surface area contributed by atoms with Gasteiger partial charge in [0.05, 0.1) is 0 Å². The molecule has 0 spiro atoms. The number of halogens is 2. The van der Waals surface area contributed by atoms with Crippen molar-refractivity contribution in [2.24, 2.45) is 5.73 Å². The van der Waals surface area contributed by atoms with Crippen molar-refractivity contribution in [2.45, 2.75) is 31.3 Å². The molecule has 16 heavy (non-hydrogen) atoms. The summed E-state index contributed by atoms with van der Waals surface area (Å²) in [5, 5.41) is 3.86. The van der Waals surface area contributed by atoms with E-state index in [-0.39, 0.29) is 17.9 Å². The van der Waals surface area contributed by atoms with E-state index in [0.29, 0.717) is 10.6 Å². The van der Waals surface area contributed by atoms with Crippen LogP contribution in [0.4, 0.5) is 4.39 Å². The standard InChI is InChI=1S/C12H16ClFN2/c13-8-4-5-10(14)9(7-8)12(15)11-3-1-2-6-16-11/h4-5,7,11-12,16H,1-3,6,15H2. The molecule has 1 saturated heterocycles. The lowest BCUT2D eigenvalue weighted by atomic mass is 9.93. The van der Waals surface area contributed by atoms with Crippen molar-refractivity contribution in [3.63, 3.8) is 0 Å². The molecule has 4 heteroatoms. The maximum atomic E-state index is 13.6.